The van der Waals surface area contributed by atoms with Crippen LogP contribution >= 0.6 is 0 Å². The van der Waals surface area contributed by atoms with Gasteiger partial charge in [0.15, 0.2) is 0 Å². The second kappa shape index (κ2) is 6.91. The lowest BCUT2D eigenvalue weighted by Crippen LogP contribution is -2.08. The molecule has 0 saturated heterocycles. The van der Waals surface area contributed by atoms with Crippen molar-refractivity contribution in [3.63, 3.8) is 0 Å². The van der Waals surface area contributed by atoms with Crippen LogP contribution in [0.25, 0.3) is 0 Å². The lowest BCUT2D eigenvalue weighted by molar-refractivity contribution is 0.0526. The third-order valence-corrected chi connectivity index (χ3v) is 5.65. The van der Waals surface area contributed by atoms with Gasteiger partial charge in [-0.25, -0.2) is 4.79 Å². The van der Waals surface area contributed by atoms with Gasteiger partial charge in [-0.15, -0.1) is 0 Å². The quantitative estimate of drug-likeness (QED) is 0.671. The van der Waals surface area contributed by atoms with Gasteiger partial charge in [0.1, 0.15) is 11.5 Å². The number of esters is 1. The van der Waals surface area contributed by atoms with Gasteiger partial charge in [-0.3, -0.25) is 0 Å². The van der Waals surface area contributed by atoms with Crippen molar-refractivity contribution in [3.05, 3.63) is 59.7 Å². The van der Waals surface area contributed by atoms with Crippen molar-refractivity contribution in [3.8, 4) is 11.5 Å². The molecule has 2 bridgehead atoms. The zero-order valence-electron chi connectivity index (χ0n) is 14.6. The molecule has 0 aliphatic heterocycles. The predicted molar refractivity (Wildman–Crippen MR) is 97.1 cm³/mol. The van der Waals surface area contributed by atoms with E-state index in [1.807, 2.05) is 0 Å². The minimum Gasteiger partial charge on any atom is -0.462 e. The van der Waals surface area contributed by atoms with Gasteiger partial charge in [-0.2, -0.15) is 0 Å². The molecule has 3 heteroatoms. The van der Waals surface area contributed by atoms with E-state index in [-0.39, 0.29) is 5.97 Å². The van der Waals surface area contributed by atoms with E-state index in [9.17, 15) is 4.79 Å². The van der Waals surface area contributed by atoms with Crippen molar-refractivity contribution in [1.29, 1.82) is 0 Å². The molecule has 2 aromatic rings. The standard InChI is InChI=1S/C22H24O3/c1-2-24-22(23)17-7-11-20(12-8-17)25-19-9-5-16(6-10-19)21-14-15-3-4-18(21)13-15/h5-12,15,18,21H,2-4,13-14H2,1H3/t15-,18-,21?/m0/s1. The normalized spacial score (nSPS) is 24.3. The van der Waals surface area contributed by atoms with Crippen LogP contribution in [0.4, 0.5) is 0 Å². The van der Waals surface area contributed by atoms with Gasteiger partial charge in [0, 0.05) is 0 Å². The summed E-state index contributed by atoms with van der Waals surface area (Å²) in [6.07, 6.45) is 5.63. The Kier molecular flexibility index (Phi) is 4.48. The Morgan fingerprint density at radius 1 is 0.960 bits per heavy atom. The van der Waals surface area contributed by atoms with Crippen molar-refractivity contribution in [2.45, 2.75) is 38.5 Å². The van der Waals surface area contributed by atoms with Gasteiger partial charge in [0.05, 0.1) is 12.2 Å². The highest BCUT2D eigenvalue weighted by atomic mass is 16.5. The van der Waals surface area contributed by atoms with Crippen LogP contribution in [0.1, 0.15) is 54.4 Å². The highest BCUT2D eigenvalue weighted by Crippen LogP contribution is 2.52. The van der Waals surface area contributed by atoms with E-state index in [2.05, 4.69) is 24.3 Å². The van der Waals surface area contributed by atoms with Crippen LogP contribution in [0.3, 0.4) is 0 Å². The van der Waals surface area contributed by atoms with Crippen LogP contribution in [-0.4, -0.2) is 12.6 Å². The van der Waals surface area contributed by atoms with Crippen molar-refractivity contribution in [2.75, 3.05) is 6.61 Å². The fourth-order valence-electron chi connectivity index (χ4n) is 4.45. The summed E-state index contributed by atoms with van der Waals surface area (Å²) in [7, 11) is 0. The maximum atomic E-state index is 11.7. The number of ether oxygens (including phenoxy) is 2. The zero-order valence-corrected chi connectivity index (χ0v) is 14.6. The first kappa shape index (κ1) is 16.2. The molecule has 0 N–H and O–H groups in total. The van der Waals surface area contributed by atoms with Gasteiger partial charge in [-0.05, 0) is 85.9 Å². The first-order valence-electron chi connectivity index (χ1n) is 9.28. The van der Waals surface area contributed by atoms with Gasteiger partial charge in [0.2, 0.25) is 0 Å². The molecular weight excluding hydrogens is 312 g/mol. The molecule has 4 rings (SSSR count). The summed E-state index contributed by atoms with van der Waals surface area (Å²) < 4.78 is 10.9. The molecule has 2 saturated carbocycles. The predicted octanol–water partition coefficient (Wildman–Crippen LogP) is 5.56. The van der Waals surface area contributed by atoms with Crippen molar-refractivity contribution in [1.82, 2.24) is 0 Å². The van der Waals surface area contributed by atoms with Gasteiger partial charge < -0.3 is 9.47 Å². The minimum absolute atomic E-state index is 0.302. The van der Waals surface area contributed by atoms with E-state index in [0.717, 1.165) is 29.3 Å². The van der Waals surface area contributed by atoms with E-state index >= 15 is 0 Å². The SMILES string of the molecule is CCOC(=O)c1ccc(Oc2ccc(C3C[C@H]4CC[C@H]3C4)cc2)cc1. The number of hydrogen-bond acceptors (Lipinski definition) is 3. The van der Waals surface area contributed by atoms with Gasteiger partial charge >= 0.3 is 5.97 Å². The average Bonchev–Trinajstić information content (AvgIpc) is 3.27. The van der Waals surface area contributed by atoms with E-state index in [1.54, 1.807) is 31.2 Å². The molecule has 2 aliphatic carbocycles. The number of fused-ring (bicyclic) bond motifs is 2. The Hall–Kier alpha value is -2.29. The van der Waals surface area contributed by atoms with Crippen molar-refractivity contribution in [2.24, 2.45) is 11.8 Å². The molecule has 0 radical (unpaired) electrons. The molecule has 2 fully saturated rings. The monoisotopic (exact) mass is 336 g/mol. The van der Waals surface area contributed by atoms with Crippen LogP contribution in [0.2, 0.25) is 0 Å². The highest BCUT2D eigenvalue weighted by molar-refractivity contribution is 5.89. The van der Waals surface area contributed by atoms with Crippen LogP contribution < -0.4 is 4.74 Å². The molecule has 2 aliphatic rings. The fraction of sp³-hybridized carbons (Fsp3) is 0.409. The molecule has 0 spiro atoms. The topological polar surface area (TPSA) is 35.5 Å². The molecule has 2 aromatic carbocycles. The summed E-state index contributed by atoms with van der Waals surface area (Å²) in [5.74, 6) is 3.86. The molecule has 1 unspecified atom stereocenters. The largest absolute Gasteiger partial charge is 0.462 e. The maximum absolute atomic E-state index is 11.7. The van der Waals surface area contributed by atoms with Gasteiger partial charge in [0.25, 0.3) is 0 Å². The molecule has 3 nitrogen and oxygen atoms in total. The molecule has 130 valence electrons. The number of rotatable bonds is 5. The summed E-state index contributed by atoms with van der Waals surface area (Å²) in [6, 6.07) is 15.6. The Morgan fingerprint density at radius 3 is 2.20 bits per heavy atom. The Morgan fingerprint density at radius 2 is 1.64 bits per heavy atom. The van der Waals surface area contributed by atoms with E-state index in [0.29, 0.717) is 12.2 Å². The number of carbonyl (C=O) groups excluding carboxylic acids is 1. The second-order valence-electron chi connectivity index (χ2n) is 7.20. The third kappa shape index (κ3) is 3.41. The van der Waals surface area contributed by atoms with Crippen molar-refractivity contribution < 1.29 is 14.3 Å². The molecular formula is C22H24O3. The maximum Gasteiger partial charge on any atom is 0.338 e. The summed E-state index contributed by atoms with van der Waals surface area (Å²) in [4.78, 5) is 11.7. The summed E-state index contributed by atoms with van der Waals surface area (Å²) in [5, 5.41) is 0. The van der Waals surface area contributed by atoms with Crippen LogP contribution in [0, 0.1) is 11.8 Å². The Bertz CT molecular complexity index is 733. The first-order valence-corrected chi connectivity index (χ1v) is 9.28. The minimum atomic E-state index is -0.302. The van der Waals surface area contributed by atoms with Gasteiger partial charge in [-0.1, -0.05) is 18.6 Å². The summed E-state index contributed by atoms with van der Waals surface area (Å²) in [6.45, 7) is 2.18. The highest BCUT2D eigenvalue weighted by Gasteiger charge is 2.39. The van der Waals surface area contributed by atoms with Crippen molar-refractivity contribution >= 4 is 5.97 Å². The second-order valence-corrected chi connectivity index (χ2v) is 7.20. The van der Waals surface area contributed by atoms with E-state index in [1.165, 1.54) is 31.2 Å². The lowest BCUT2D eigenvalue weighted by Gasteiger charge is -2.22. The van der Waals surface area contributed by atoms with E-state index < -0.39 is 0 Å². The first-order chi connectivity index (χ1) is 12.2. The zero-order chi connectivity index (χ0) is 17.2. The molecule has 3 atom stereocenters. The van der Waals surface area contributed by atoms with E-state index in [4.69, 9.17) is 9.47 Å². The lowest BCUT2D eigenvalue weighted by atomic mass is 9.83. The Labute approximate surface area is 149 Å². The number of benzene rings is 2. The average molecular weight is 336 g/mol. The molecule has 0 heterocycles. The van der Waals surface area contributed by atoms with Crippen LogP contribution in [-0.2, 0) is 4.74 Å². The molecule has 0 amide bonds. The molecule has 25 heavy (non-hydrogen) atoms. The van der Waals surface area contributed by atoms with Crippen LogP contribution in [0.5, 0.6) is 11.5 Å². The third-order valence-electron chi connectivity index (χ3n) is 5.65. The fourth-order valence-corrected chi connectivity index (χ4v) is 4.45. The van der Waals surface area contributed by atoms with Crippen LogP contribution in [0.15, 0.2) is 48.5 Å². The summed E-state index contributed by atoms with van der Waals surface area (Å²) in [5.41, 5.74) is 2.00. The number of hydrogen-bond donors (Lipinski definition) is 0. The summed E-state index contributed by atoms with van der Waals surface area (Å²) >= 11 is 0. The molecule has 0 aromatic heterocycles. The smallest absolute Gasteiger partial charge is 0.338 e. The Balaban J connectivity index is 1.40. The number of carbonyl (C=O) groups is 1.